The second kappa shape index (κ2) is 6.83. The van der Waals surface area contributed by atoms with Crippen molar-refractivity contribution in [3.8, 4) is 0 Å². The molecular weight excluding hydrogens is 311 g/mol. The van der Waals surface area contributed by atoms with Crippen molar-refractivity contribution >= 4 is 16.5 Å². The lowest BCUT2D eigenvalue weighted by Crippen LogP contribution is -2.13. The highest BCUT2D eigenvalue weighted by atomic mass is 32.1. The van der Waals surface area contributed by atoms with Crippen LogP contribution in [0, 0.1) is 5.82 Å². The maximum absolute atomic E-state index is 13.6. The van der Waals surface area contributed by atoms with Crippen molar-refractivity contribution in [2.24, 2.45) is 0 Å². The van der Waals surface area contributed by atoms with Gasteiger partial charge in [0.1, 0.15) is 10.8 Å². The topological polar surface area (TPSA) is 50.7 Å². The van der Waals surface area contributed by atoms with Gasteiger partial charge in [0, 0.05) is 12.1 Å². The van der Waals surface area contributed by atoms with Gasteiger partial charge in [0.25, 0.3) is 0 Å². The van der Waals surface area contributed by atoms with Crippen LogP contribution in [0.1, 0.15) is 42.1 Å². The Morgan fingerprint density at radius 3 is 2.61 bits per heavy atom. The molecule has 0 spiro atoms. The van der Waals surface area contributed by atoms with E-state index < -0.39 is 0 Å². The summed E-state index contributed by atoms with van der Waals surface area (Å²) in [6.07, 6.45) is 1.73. The number of aromatic nitrogens is 3. The highest BCUT2D eigenvalue weighted by Gasteiger charge is 2.18. The van der Waals surface area contributed by atoms with Crippen molar-refractivity contribution in [1.29, 1.82) is 0 Å². The van der Waals surface area contributed by atoms with E-state index in [1.54, 1.807) is 12.3 Å². The summed E-state index contributed by atoms with van der Waals surface area (Å²) in [5, 5.41) is 13.4. The Bertz CT molecular complexity index is 773. The van der Waals surface area contributed by atoms with Gasteiger partial charge in [-0.15, -0.1) is 10.2 Å². The molecule has 1 unspecified atom stereocenters. The summed E-state index contributed by atoms with van der Waals surface area (Å²) in [6, 6.07) is 11.9. The molecule has 1 atom stereocenters. The molecule has 118 valence electrons. The average molecular weight is 328 g/mol. The molecular formula is C17H17FN4S. The molecule has 0 saturated heterocycles. The highest BCUT2D eigenvalue weighted by molar-refractivity contribution is 7.15. The lowest BCUT2D eigenvalue weighted by Gasteiger charge is -2.18. The Kier molecular flexibility index (Phi) is 4.62. The fourth-order valence-corrected chi connectivity index (χ4v) is 2.98. The number of anilines is 1. The van der Waals surface area contributed by atoms with E-state index in [4.69, 9.17) is 0 Å². The van der Waals surface area contributed by atoms with Crippen LogP contribution in [-0.2, 0) is 0 Å². The summed E-state index contributed by atoms with van der Waals surface area (Å²) in [7, 11) is 0. The first-order valence-electron chi connectivity index (χ1n) is 7.40. The molecule has 2 aromatic heterocycles. The smallest absolute Gasteiger partial charge is 0.206 e. The molecule has 4 nitrogen and oxygen atoms in total. The van der Waals surface area contributed by atoms with Crippen LogP contribution in [0.4, 0.5) is 9.52 Å². The minimum absolute atomic E-state index is 0.273. The first kappa shape index (κ1) is 15.6. The maximum atomic E-state index is 13.6. The van der Waals surface area contributed by atoms with Gasteiger partial charge in [-0.25, -0.2) is 4.39 Å². The van der Waals surface area contributed by atoms with Crippen LogP contribution in [0.3, 0.4) is 0 Å². The average Bonchev–Trinajstić information content (AvgIpc) is 3.02. The normalized spacial score (nSPS) is 12.3. The SMILES string of the molecule is CC(C)c1nnc(NC(c2cccc(F)c2)c2ccccn2)s1. The van der Waals surface area contributed by atoms with Crippen LogP contribution in [0.2, 0.25) is 0 Å². The predicted molar refractivity (Wildman–Crippen MR) is 90.1 cm³/mol. The molecule has 1 aromatic carbocycles. The standard InChI is InChI=1S/C17H17FN4S/c1-11(2)16-21-22-17(23-16)20-15(14-8-3-4-9-19-14)12-6-5-7-13(18)10-12/h3-11,15H,1-2H3,(H,20,22). The molecule has 23 heavy (non-hydrogen) atoms. The number of pyridine rings is 1. The van der Waals surface area contributed by atoms with Gasteiger partial charge in [-0.1, -0.05) is 43.4 Å². The van der Waals surface area contributed by atoms with Crippen LogP contribution in [0.5, 0.6) is 0 Å². The van der Waals surface area contributed by atoms with Gasteiger partial charge in [0.05, 0.1) is 11.7 Å². The van der Waals surface area contributed by atoms with Gasteiger partial charge in [-0.2, -0.15) is 0 Å². The quantitative estimate of drug-likeness (QED) is 0.754. The Morgan fingerprint density at radius 1 is 1.09 bits per heavy atom. The molecule has 0 aliphatic carbocycles. The van der Waals surface area contributed by atoms with Crippen molar-refractivity contribution in [1.82, 2.24) is 15.2 Å². The largest absolute Gasteiger partial charge is 0.348 e. The summed E-state index contributed by atoms with van der Waals surface area (Å²) in [5.41, 5.74) is 1.60. The Balaban J connectivity index is 1.95. The van der Waals surface area contributed by atoms with Crippen molar-refractivity contribution in [3.05, 3.63) is 70.7 Å². The van der Waals surface area contributed by atoms with Crippen molar-refractivity contribution < 1.29 is 4.39 Å². The molecule has 0 radical (unpaired) electrons. The van der Waals surface area contributed by atoms with Crippen LogP contribution in [0.25, 0.3) is 0 Å². The summed E-state index contributed by atoms with van der Waals surface area (Å²) in [6.45, 7) is 4.15. The van der Waals surface area contributed by atoms with E-state index >= 15 is 0 Å². The van der Waals surface area contributed by atoms with Crippen LogP contribution < -0.4 is 5.32 Å². The van der Waals surface area contributed by atoms with E-state index in [0.29, 0.717) is 11.0 Å². The third-order valence-electron chi connectivity index (χ3n) is 3.37. The first-order chi connectivity index (χ1) is 11.1. The molecule has 3 rings (SSSR count). The molecule has 6 heteroatoms. The van der Waals surface area contributed by atoms with Crippen molar-refractivity contribution in [2.75, 3.05) is 5.32 Å². The van der Waals surface area contributed by atoms with E-state index in [9.17, 15) is 4.39 Å². The lowest BCUT2D eigenvalue weighted by molar-refractivity contribution is 0.624. The zero-order chi connectivity index (χ0) is 16.2. The number of hydrogen-bond donors (Lipinski definition) is 1. The zero-order valence-electron chi connectivity index (χ0n) is 12.9. The van der Waals surface area contributed by atoms with Gasteiger partial charge in [-0.3, -0.25) is 4.98 Å². The minimum Gasteiger partial charge on any atom is -0.348 e. The Morgan fingerprint density at radius 2 is 1.96 bits per heavy atom. The number of rotatable bonds is 5. The number of benzene rings is 1. The van der Waals surface area contributed by atoms with Crippen molar-refractivity contribution in [2.45, 2.75) is 25.8 Å². The van der Waals surface area contributed by atoms with Gasteiger partial charge < -0.3 is 5.32 Å². The summed E-state index contributed by atoms with van der Waals surface area (Å²) in [4.78, 5) is 4.39. The van der Waals surface area contributed by atoms with Crippen LogP contribution in [-0.4, -0.2) is 15.2 Å². The number of nitrogens with zero attached hydrogens (tertiary/aromatic N) is 3. The van der Waals surface area contributed by atoms with Crippen molar-refractivity contribution in [3.63, 3.8) is 0 Å². The number of halogens is 1. The van der Waals surface area contributed by atoms with E-state index in [0.717, 1.165) is 16.3 Å². The molecule has 1 N–H and O–H groups in total. The second-order valence-electron chi connectivity index (χ2n) is 5.49. The molecule has 0 amide bonds. The van der Waals surface area contributed by atoms with Gasteiger partial charge in [0.15, 0.2) is 0 Å². The molecule has 0 aliphatic rings. The highest BCUT2D eigenvalue weighted by Crippen LogP contribution is 2.29. The number of hydrogen-bond acceptors (Lipinski definition) is 5. The Hall–Kier alpha value is -2.34. The van der Waals surface area contributed by atoms with Gasteiger partial charge in [0.2, 0.25) is 5.13 Å². The third-order valence-corrected chi connectivity index (χ3v) is 4.52. The molecule has 0 saturated carbocycles. The molecule has 2 heterocycles. The monoisotopic (exact) mass is 328 g/mol. The van der Waals surface area contributed by atoms with Crippen LogP contribution >= 0.6 is 11.3 Å². The van der Waals surface area contributed by atoms with E-state index in [1.165, 1.54) is 23.5 Å². The predicted octanol–water partition coefficient (Wildman–Crippen LogP) is 4.40. The molecule has 0 aliphatic heterocycles. The van der Waals surface area contributed by atoms with Gasteiger partial charge in [-0.05, 0) is 29.8 Å². The minimum atomic E-state index is -0.278. The van der Waals surface area contributed by atoms with Crippen LogP contribution in [0.15, 0.2) is 48.7 Å². The summed E-state index contributed by atoms with van der Waals surface area (Å²) < 4.78 is 13.6. The van der Waals surface area contributed by atoms with Gasteiger partial charge >= 0.3 is 0 Å². The fourth-order valence-electron chi connectivity index (χ4n) is 2.21. The van der Waals surface area contributed by atoms with E-state index in [1.807, 2.05) is 24.3 Å². The second-order valence-corrected chi connectivity index (χ2v) is 6.50. The number of nitrogens with one attached hydrogen (secondary N) is 1. The Labute approximate surface area is 138 Å². The fraction of sp³-hybridized carbons (Fsp3) is 0.235. The molecule has 0 fully saturated rings. The van der Waals surface area contributed by atoms with E-state index in [2.05, 4.69) is 34.3 Å². The summed E-state index contributed by atoms with van der Waals surface area (Å²) in [5.74, 6) is 0.0517. The summed E-state index contributed by atoms with van der Waals surface area (Å²) >= 11 is 1.51. The van der Waals surface area contributed by atoms with E-state index in [-0.39, 0.29) is 11.9 Å². The third kappa shape index (κ3) is 3.71. The first-order valence-corrected chi connectivity index (χ1v) is 8.21. The zero-order valence-corrected chi connectivity index (χ0v) is 13.7. The maximum Gasteiger partial charge on any atom is 0.206 e. The molecule has 3 aromatic rings. The lowest BCUT2D eigenvalue weighted by atomic mass is 10.0. The molecule has 0 bridgehead atoms.